The van der Waals surface area contributed by atoms with E-state index in [9.17, 15) is 5.11 Å². The van der Waals surface area contributed by atoms with Gasteiger partial charge in [-0.1, -0.05) is 27.7 Å². The van der Waals surface area contributed by atoms with Crippen molar-refractivity contribution in [2.45, 2.75) is 105 Å². The quantitative estimate of drug-likeness (QED) is 0.548. The number of hydrogen-bond donors (Lipinski definition) is 2. The van der Waals surface area contributed by atoms with Crippen LogP contribution in [0, 0.1) is 52.3 Å². The van der Waals surface area contributed by atoms with Crippen LogP contribution < -0.4 is 0 Å². The highest BCUT2D eigenvalue weighted by atomic mass is 16.3. The molecule has 5 aliphatic rings. The molecule has 5 rings (SSSR count). The topological polar surface area (TPSA) is 40.5 Å². The summed E-state index contributed by atoms with van der Waals surface area (Å²) in [5.74, 6) is 7.10. The summed E-state index contributed by atoms with van der Waals surface area (Å²) >= 11 is 0. The van der Waals surface area contributed by atoms with Gasteiger partial charge in [-0.15, -0.1) is 0 Å². The Hall–Kier alpha value is -0.0800. The van der Waals surface area contributed by atoms with Crippen molar-refractivity contribution in [3.8, 4) is 0 Å². The van der Waals surface area contributed by atoms with Crippen LogP contribution in [0.1, 0.15) is 105 Å². The molecule has 0 heterocycles. The average Bonchev–Trinajstić information content (AvgIpc) is 3.54. The molecule has 0 saturated heterocycles. The molecule has 0 bridgehead atoms. The highest BCUT2D eigenvalue weighted by Crippen LogP contribution is 2.68. The van der Waals surface area contributed by atoms with E-state index >= 15 is 0 Å². The summed E-state index contributed by atoms with van der Waals surface area (Å²) in [5, 5.41) is 16.5. The fraction of sp³-hybridized carbons (Fsp3) is 1.00. The molecule has 170 valence electrons. The molecule has 0 aromatic carbocycles. The van der Waals surface area contributed by atoms with Gasteiger partial charge in [0.25, 0.3) is 0 Å². The summed E-state index contributed by atoms with van der Waals surface area (Å²) in [6.45, 7) is 9.74. The monoisotopic (exact) mass is 406 g/mol. The van der Waals surface area contributed by atoms with Crippen LogP contribution in [0.5, 0.6) is 0 Å². The predicted molar refractivity (Wildman–Crippen MR) is 123 cm³/mol. The van der Waals surface area contributed by atoms with Gasteiger partial charge in [0.1, 0.15) is 0 Å². The molecule has 0 aliphatic heterocycles. The lowest BCUT2D eigenvalue weighted by atomic mass is 9.44. The molecule has 0 aromatic rings. The summed E-state index contributed by atoms with van der Waals surface area (Å²) < 4.78 is 0. The van der Waals surface area contributed by atoms with Crippen molar-refractivity contribution < 1.29 is 10.2 Å². The van der Waals surface area contributed by atoms with Crippen LogP contribution >= 0.6 is 0 Å². The number of hydrogen-bond acceptors (Lipinski definition) is 2. The molecule has 2 N–H and O–H groups in total. The third-order valence-electron chi connectivity index (χ3n) is 10.7. The van der Waals surface area contributed by atoms with Gasteiger partial charge in [0.2, 0.25) is 0 Å². The van der Waals surface area contributed by atoms with Gasteiger partial charge in [-0.05, 0) is 129 Å². The maximum Gasteiger partial charge on any atom is 0.0433 e. The standard InChI is InChI=1S/C24H40O.C2H6.CH4O/c1-23-13-10-22-20(21(23)8-6-18(23)11-14-25)7-5-19-15-17(16-3-4-16)9-12-24(19,22)2;2*1-2/h16-22,25H,3-15H2,1-2H3;1-2H3;2H,1H3/t17?,18?,19?,20-,21?,22?,23?,24-;;/m0../s1. The van der Waals surface area contributed by atoms with E-state index in [1.54, 1.807) is 32.1 Å². The highest BCUT2D eigenvalue weighted by molar-refractivity contribution is 5.09. The van der Waals surface area contributed by atoms with Crippen LogP contribution in [0.4, 0.5) is 0 Å². The van der Waals surface area contributed by atoms with E-state index in [1.807, 2.05) is 13.8 Å². The number of aliphatic hydroxyl groups excluding tert-OH is 2. The molecule has 8 atom stereocenters. The lowest BCUT2D eigenvalue weighted by Crippen LogP contribution is -2.53. The molecule has 29 heavy (non-hydrogen) atoms. The second-order valence-corrected chi connectivity index (χ2v) is 11.4. The first-order valence-corrected chi connectivity index (χ1v) is 13.1. The summed E-state index contributed by atoms with van der Waals surface area (Å²) in [7, 11) is 1.00. The normalized spacial score (nSPS) is 48.1. The van der Waals surface area contributed by atoms with Crippen LogP contribution in [0.25, 0.3) is 0 Å². The van der Waals surface area contributed by atoms with Crippen molar-refractivity contribution in [2.24, 2.45) is 52.3 Å². The van der Waals surface area contributed by atoms with E-state index in [0.717, 1.165) is 55.0 Å². The molecule has 0 amide bonds. The van der Waals surface area contributed by atoms with E-state index < -0.39 is 0 Å². The molecule has 5 aliphatic carbocycles. The zero-order chi connectivity index (χ0) is 21.2. The van der Waals surface area contributed by atoms with Gasteiger partial charge in [0, 0.05) is 13.7 Å². The molecule has 5 saturated carbocycles. The Morgan fingerprint density at radius 2 is 1.38 bits per heavy atom. The third kappa shape index (κ3) is 4.07. The first-order valence-electron chi connectivity index (χ1n) is 13.1. The van der Waals surface area contributed by atoms with Crippen LogP contribution in [-0.4, -0.2) is 23.9 Å². The molecule has 0 aromatic heterocycles. The molecule has 0 radical (unpaired) electrons. The third-order valence-corrected chi connectivity index (χ3v) is 10.7. The Morgan fingerprint density at radius 1 is 0.724 bits per heavy atom. The van der Waals surface area contributed by atoms with Crippen molar-refractivity contribution in [3.63, 3.8) is 0 Å². The van der Waals surface area contributed by atoms with Crippen LogP contribution in [0.2, 0.25) is 0 Å². The summed E-state index contributed by atoms with van der Waals surface area (Å²) in [6, 6.07) is 0. The predicted octanol–water partition coefficient (Wildman–Crippen LogP) is 6.69. The van der Waals surface area contributed by atoms with Gasteiger partial charge < -0.3 is 10.2 Å². The Morgan fingerprint density at radius 3 is 2.03 bits per heavy atom. The van der Waals surface area contributed by atoms with Gasteiger partial charge in [-0.3, -0.25) is 0 Å². The first-order chi connectivity index (χ1) is 14.1. The lowest BCUT2D eigenvalue weighted by molar-refractivity contribution is -0.120. The highest BCUT2D eigenvalue weighted by Gasteiger charge is 2.60. The van der Waals surface area contributed by atoms with Crippen molar-refractivity contribution in [1.82, 2.24) is 0 Å². The van der Waals surface area contributed by atoms with Gasteiger partial charge >= 0.3 is 0 Å². The summed E-state index contributed by atoms with van der Waals surface area (Å²) in [5.41, 5.74) is 1.23. The van der Waals surface area contributed by atoms with Crippen LogP contribution in [0.15, 0.2) is 0 Å². The Balaban J connectivity index is 0.000000568. The molecule has 5 fully saturated rings. The maximum atomic E-state index is 9.53. The Kier molecular flexibility index (Phi) is 7.80. The van der Waals surface area contributed by atoms with Gasteiger partial charge in [-0.2, -0.15) is 0 Å². The van der Waals surface area contributed by atoms with Gasteiger partial charge in [-0.25, -0.2) is 0 Å². The molecular weight excluding hydrogens is 356 g/mol. The molecule has 6 unspecified atom stereocenters. The van der Waals surface area contributed by atoms with Crippen LogP contribution in [0.3, 0.4) is 0 Å². The second-order valence-electron chi connectivity index (χ2n) is 11.4. The number of rotatable bonds is 3. The minimum atomic E-state index is 0.406. The Bertz CT molecular complexity index is 515. The zero-order valence-corrected chi connectivity index (χ0v) is 20.1. The Labute approximate surface area is 181 Å². The molecule has 2 heteroatoms. The van der Waals surface area contributed by atoms with E-state index in [0.29, 0.717) is 17.4 Å². The average molecular weight is 407 g/mol. The van der Waals surface area contributed by atoms with E-state index in [1.165, 1.54) is 38.5 Å². The largest absolute Gasteiger partial charge is 0.400 e. The minimum absolute atomic E-state index is 0.406. The fourth-order valence-corrected chi connectivity index (χ4v) is 9.03. The van der Waals surface area contributed by atoms with Gasteiger partial charge in [0.15, 0.2) is 0 Å². The maximum absolute atomic E-state index is 9.53. The van der Waals surface area contributed by atoms with Crippen molar-refractivity contribution in [2.75, 3.05) is 13.7 Å². The zero-order valence-electron chi connectivity index (χ0n) is 20.1. The van der Waals surface area contributed by atoms with E-state index in [2.05, 4.69) is 13.8 Å². The second kappa shape index (κ2) is 9.60. The van der Waals surface area contributed by atoms with Crippen molar-refractivity contribution in [3.05, 3.63) is 0 Å². The van der Waals surface area contributed by atoms with E-state index in [-0.39, 0.29) is 0 Å². The SMILES string of the molecule is CC.CC12CCC3[C@@H](CCC4CC(C5CC5)CC[C@@]43C)C1CCC2CCO.CO. The minimum Gasteiger partial charge on any atom is -0.400 e. The smallest absolute Gasteiger partial charge is 0.0433 e. The molecule has 0 spiro atoms. The first kappa shape index (κ1) is 23.6. The van der Waals surface area contributed by atoms with E-state index in [4.69, 9.17) is 5.11 Å². The summed E-state index contributed by atoms with van der Waals surface area (Å²) in [4.78, 5) is 0. The fourth-order valence-electron chi connectivity index (χ4n) is 9.03. The molecule has 2 nitrogen and oxygen atoms in total. The van der Waals surface area contributed by atoms with Crippen molar-refractivity contribution in [1.29, 1.82) is 0 Å². The summed E-state index contributed by atoms with van der Waals surface area (Å²) in [6.07, 6.45) is 17.7. The number of aliphatic hydroxyl groups is 2. The number of fused-ring (bicyclic) bond motifs is 5. The van der Waals surface area contributed by atoms with Gasteiger partial charge in [0.05, 0.1) is 0 Å². The van der Waals surface area contributed by atoms with Crippen LogP contribution in [-0.2, 0) is 0 Å². The van der Waals surface area contributed by atoms with Crippen molar-refractivity contribution >= 4 is 0 Å². The lowest BCUT2D eigenvalue weighted by Gasteiger charge is -2.61. The molecular formula is C27H50O2.